The molecule has 1 amide bonds. The van der Waals surface area contributed by atoms with Gasteiger partial charge in [-0.3, -0.25) is 14.5 Å². The highest BCUT2D eigenvalue weighted by atomic mass is 16.2. The third-order valence-corrected chi connectivity index (χ3v) is 2.69. The number of hydrogen-bond donors (Lipinski definition) is 1. The molecular formula is C9H14N2O2. The zero-order valence-corrected chi connectivity index (χ0v) is 7.58. The molecule has 2 aliphatic rings. The molecule has 2 aliphatic heterocycles. The zero-order chi connectivity index (χ0) is 9.26. The largest absolute Gasteiger partial charge is 0.356 e. The van der Waals surface area contributed by atoms with Gasteiger partial charge < -0.3 is 5.32 Å². The molecule has 0 aromatic heterocycles. The van der Waals surface area contributed by atoms with Crippen LogP contribution in [0.3, 0.4) is 0 Å². The van der Waals surface area contributed by atoms with E-state index in [0.29, 0.717) is 31.1 Å². The number of amides is 1. The summed E-state index contributed by atoms with van der Waals surface area (Å²) in [7, 11) is 0. The van der Waals surface area contributed by atoms with Crippen molar-refractivity contribution in [1.29, 1.82) is 0 Å². The Bertz CT molecular complexity index is 216. The molecular weight excluding hydrogens is 168 g/mol. The third-order valence-electron chi connectivity index (χ3n) is 2.69. The van der Waals surface area contributed by atoms with Gasteiger partial charge in [-0.1, -0.05) is 0 Å². The van der Waals surface area contributed by atoms with Crippen molar-refractivity contribution in [1.82, 2.24) is 10.2 Å². The number of nitrogens with zero attached hydrogens (tertiary/aromatic N) is 1. The number of carbonyl (C=O) groups excluding carboxylic acids is 2. The SMILES string of the molecule is O=C1CCN(CC2CNC(=O)C2)C1. The van der Waals surface area contributed by atoms with Gasteiger partial charge in [0.25, 0.3) is 0 Å². The van der Waals surface area contributed by atoms with Crippen LogP contribution in [0.1, 0.15) is 12.8 Å². The van der Waals surface area contributed by atoms with Crippen LogP contribution in [0, 0.1) is 5.92 Å². The molecule has 0 aromatic carbocycles. The average molecular weight is 182 g/mol. The predicted octanol–water partition coefficient (Wildman–Crippen LogP) is -0.603. The van der Waals surface area contributed by atoms with Crippen LogP contribution >= 0.6 is 0 Å². The zero-order valence-electron chi connectivity index (χ0n) is 7.58. The van der Waals surface area contributed by atoms with Crippen LogP contribution in [-0.4, -0.2) is 42.8 Å². The Morgan fingerprint density at radius 3 is 2.85 bits per heavy atom. The van der Waals surface area contributed by atoms with Gasteiger partial charge in [-0.2, -0.15) is 0 Å². The smallest absolute Gasteiger partial charge is 0.220 e. The van der Waals surface area contributed by atoms with Gasteiger partial charge in [0.1, 0.15) is 5.78 Å². The summed E-state index contributed by atoms with van der Waals surface area (Å²) in [6, 6.07) is 0. The van der Waals surface area contributed by atoms with Crippen LogP contribution in [0.5, 0.6) is 0 Å². The molecule has 2 fully saturated rings. The number of rotatable bonds is 2. The van der Waals surface area contributed by atoms with E-state index in [0.717, 1.165) is 19.6 Å². The maximum Gasteiger partial charge on any atom is 0.220 e. The minimum atomic E-state index is 0.149. The standard InChI is InChI=1S/C9H14N2O2/c12-8-1-2-11(6-8)5-7-3-9(13)10-4-7/h7H,1-6H2,(H,10,13). The van der Waals surface area contributed by atoms with Crippen molar-refractivity contribution in [3.63, 3.8) is 0 Å². The van der Waals surface area contributed by atoms with Crippen molar-refractivity contribution < 1.29 is 9.59 Å². The van der Waals surface area contributed by atoms with Crippen LogP contribution in [0.2, 0.25) is 0 Å². The van der Waals surface area contributed by atoms with E-state index in [1.807, 2.05) is 0 Å². The van der Waals surface area contributed by atoms with E-state index in [9.17, 15) is 9.59 Å². The average Bonchev–Trinajstić information content (AvgIpc) is 2.62. The summed E-state index contributed by atoms with van der Waals surface area (Å²) in [6.45, 7) is 3.14. The topological polar surface area (TPSA) is 49.4 Å². The lowest BCUT2D eigenvalue weighted by Gasteiger charge is -2.16. The quantitative estimate of drug-likeness (QED) is 0.620. The van der Waals surface area contributed by atoms with Gasteiger partial charge in [0.15, 0.2) is 0 Å². The van der Waals surface area contributed by atoms with Gasteiger partial charge in [0.2, 0.25) is 5.91 Å². The fraction of sp³-hybridized carbons (Fsp3) is 0.778. The Hall–Kier alpha value is -0.900. The predicted molar refractivity (Wildman–Crippen MR) is 47.2 cm³/mol. The lowest BCUT2D eigenvalue weighted by atomic mass is 10.1. The maximum atomic E-state index is 11.0. The first kappa shape index (κ1) is 8.69. The summed E-state index contributed by atoms with van der Waals surface area (Å²) < 4.78 is 0. The first-order chi connectivity index (χ1) is 6.24. The van der Waals surface area contributed by atoms with E-state index in [2.05, 4.69) is 10.2 Å². The Labute approximate surface area is 77.3 Å². The Morgan fingerprint density at radius 1 is 1.46 bits per heavy atom. The van der Waals surface area contributed by atoms with Gasteiger partial charge in [0.05, 0.1) is 6.54 Å². The Kier molecular flexibility index (Phi) is 2.31. The first-order valence-electron chi connectivity index (χ1n) is 4.75. The second-order valence-electron chi connectivity index (χ2n) is 3.90. The number of likely N-dealkylation sites (tertiary alicyclic amines) is 1. The van der Waals surface area contributed by atoms with Crippen molar-refractivity contribution in [2.24, 2.45) is 5.92 Å². The molecule has 2 saturated heterocycles. The minimum absolute atomic E-state index is 0.149. The molecule has 2 heterocycles. The van der Waals surface area contributed by atoms with E-state index < -0.39 is 0 Å². The van der Waals surface area contributed by atoms with E-state index in [4.69, 9.17) is 0 Å². The van der Waals surface area contributed by atoms with Crippen molar-refractivity contribution in [2.75, 3.05) is 26.2 Å². The van der Waals surface area contributed by atoms with Gasteiger partial charge in [-0.05, 0) is 5.92 Å². The number of ketones is 1. The van der Waals surface area contributed by atoms with Crippen molar-refractivity contribution in [2.45, 2.75) is 12.8 Å². The van der Waals surface area contributed by atoms with E-state index in [-0.39, 0.29) is 5.91 Å². The number of hydrogen-bond acceptors (Lipinski definition) is 3. The van der Waals surface area contributed by atoms with E-state index in [1.54, 1.807) is 0 Å². The molecule has 0 bridgehead atoms. The molecule has 0 saturated carbocycles. The Morgan fingerprint density at radius 2 is 2.31 bits per heavy atom. The van der Waals surface area contributed by atoms with Crippen LogP contribution < -0.4 is 5.32 Å². The highest BCUT2D eigenvalue weighted by Gasteiger charge is 2.26. The van der Waals surface area contributed by atoms with Gasteiger partial charge in [-0.15, -0.1) is 0 Å². The summed E-state index contributed by atoms with van der Waals surface area (Å²) in [5, 5.41) is 2.80. The molecule has 2 rings (SSSR count). The molecule has 0 spiro atoms. The molecule has 0 aromatic rings. The van der Waals surface area contributed by atoms with Gasteiger partial charge >= 0.3 is 0 Å². The summed E-state index contributed by atoms with van der Waals surface area (Å²) in [4.78, 5) is 24.0. The summed E-state index contributed by atoms with van der Waals surface area (Å²) in [6.07, 6.45) is 1.32. The number of carbonyl (C=O) groups is 2. The molecule has 1 N–H and O–H groups in total. The van der Waals surface area contributed by atoms with Crippen LogP contribution in [0.15, 0.2) is 0 Å². The highest BCUT2D eigenvalue weighted by Crippen LogP contribution is 2.13. The van der Waals surface area contributed by atoms with Crippen LogP contribution in [-0.2, 0) is 9.59 Å². The second kappa shape index (κ2) is 3.46. The van der Waals surface area contributed by atoms with Gasteiger partial charge in [-0.25, -0.2) is 0 Å². The van der Waals surface area contributed by atoms with E-state index >= 15 is 0 Å². The second-order valence-corrected chi connectivity index (χ2v) is 3.90. The Balaban J connectivity index is 1.78. The maximum absolute atomic E-state index is 11.0. The number of nitrogens with one attached hydrogen (secondary N) is 1. The summed E-state index contributed by atoms with van der Waals surface area (Å²) >= 11 is 0. The summed E-state index contributed by atoms with van der Waals surface area (Å²) in [5.74, 6) is 0.895. The molecule has 0 aliphatic carbocycles. The lowest BCUT2D eigenvalue weighted by molar-refractivity contribution is -0.119. The highest BCUT2D eigenvalue weighted by molar-refractivity contribution is 5.82. The van der Waals surface area contributed by atoms with Crippen molar-refractivity contribution in [3.05, 3.63) is 0 Å². The molecule has 13 heavy (non-hydrogen) atoms. The summed E-state index contributed by atoms with van der Waals surface area (Å²) in [5.41, 5.74) is 0. The number of Topliss-reactive ketones (excluding diaryl/α,β-unsaturated/α-hetero) is 1. The monoisotopic (exact) mass is 182 g/mol. The molecule has 4 nitrogen and oxygen atoms in total. The van der Waals surface area contributed by atoms with Crippen molar-refractivity contribution in [3.8, 4) is 0 Å². The van der Waals surface area contributed by atoms with Crippen molar-refractivity contribution >= 4 is 11.7 Å². The van der Waals surface area contributed by atoms with E-state index in [1.165, 1.54) is 0 Å². The first-order valence-corrected chi connectivity index (χ1v) is 4.75. The van der Waals surface area contributed by atoms with Gasteiger partial charge in [0, 0.05) is 32.5 Å². The molecule has 0 radical (unpaired) electrons. The third kappa shape index (κ3) is 2.06. The fourth-order valence-corrected chi connectivity index (χ4v) is 2.01. The molecule has 72 valence electrons. The van der Waals surface area contributed by atoms with Crippen LogP contribution in [0.4, 0.5) is 0 Å². The van der Waals surface area contributed by atoms with Crippen LogP contribution in [0.25, 0.3) is 0 Å². The molecule has 4 heteroatoms. The molecule has 1 atom stereocenters. The fourth-order valence-electron chi connectivity index (χ4n) is 2.01. The normalized spacial score (nSPS) is 29.7. The lowest BCUT2D eigenvalue weighted by Crippen LogP contribution is -2.28. The molecule has 1 unspecified atom stereocenters. The minimum Gasteiger partial charge on any atom is -0.356 e.